The third-order valence-corrected chi connectivity index (χ3v) is 1.36. The van der Waals surface area contributed by atoms with Crippen LogP contribution in [0.3, 0.4) is 0 Å². The standard InChI is InChI=1S/C6H8O2.C6H6/c1-4-6(2,3)8-5-7;1-2-4-6-5-3-1/h1,5H,2-3H3;1-6H. The molecule has 2 nitrogen and oxygen atoms in total. The molecule has 0 aliphatic rings. The molecule has 0 atom stereocenters. The molecule has 74 valence electrons. The fraction of sp³-hybridized carbons (Fsp3) is 0.250. The van der Waals surface area contributed by atoms with Crippen molar-refractivity contribution in [2.45, 2.75) is 19.4 Å². The molecule has 14 heavy (non-hydrogen) atoms. The summed E-state index contributed by atoms with van der Waals surface area (Å²) in [5.74, 6) is 2.29. The monoisotopic (exact) mass is 190 g/mol. The van der Waals surface area contributed by atoms with Gasteiger partial charge in [-0.05, 0) is 13.8 Å². The third-order valence-electron chi connectivity index (χ3n) is 1.36. The molecule has 0 aliphatic carbocycles. The highest BCUT2D eigenvalue weighted by Crippen LogP contribution is 2.02. The zero-order valence-corrected chi connectivity index (χ0v) is 8.44. The lowest BCUT2D eigenvalue weighted by atomic mass is 10.2. The van der Waals surface area contributed by atoms with E-state index in [0.717, 1.165) is 0 Å². The topological polar surface area (TPSA) is 26.3 Å². The Morgan fingerprint density at radius 2 is 1.50 bits per heavy atom. The Morgan fingerprint density at radius 1 is 1.14 bits per heavy atom. The first-order valence-electron chi connectivity index (χ1n) is 4.21. The number of hydrogen-bond acceptors (Lipinski definition) is 2. The fourth-order valence-electron chi connectivity index (χ4n) is 0.539. The molecule has 0 amide bonds. The van der Waals surface area contributed by atoms with Gasteiger partial charge in [-0.25, -0.2) is 0 Å². The number of hydrogen-bond donors (Lipinski definition) is 0. The van der Waals surface area contributed by atoms with Crippen molar-refractivity contribution in [1.29, 1.82) is 0 Å². The summed E-state index contributed by atoms with van der Waals surface area (Å²) in [6.07, 6.45) is 4.96. The van der Waals surface area contributed by atoms with Crippen molar-refractivity contribution in [3.8, 4) is 12.3 Å². The summed E-state index contributed by atoms with van der Waals surface area (Å²) in [5, 5.41) is 0. The van der Waals surface area contributed by atoms with E-state index in [-0.39, 0.29) is 0 Å². The van der Waals surface area contributed by atoms with Gasteiger partial charge in [0.25, 0.3) is 6.47 Å². The molecule has 0 spiro atoms. The predicted molar refractivity (Wildman–Crippen MR) is 56.5 cm³/mol. The van der Waals surface area contributed by atoms with Gasteiger partial charge in [-0.15, -0.1) is 6.42 Å². The molecule has 0 N–H and O–H groups in total. The van der Waals surface area contributed by atoms with Crippen molar-refractivity contribution in [3.05, 3.63) is 36.4 Å². The average Bonchev–Trinajstić information content (AvgIpc) is 2.21. The summed E-state index contributed by atoms with van der Waals surface area (Å²) in [4.78, 5) is 9.66. The SMILES string of the molecule is C#CC(C)(C)OC=O.c1ccccc1. The zero-order valence-electron chi connectivity index (χ0n) is 8.44. The first-order chi connectivity index (χ1) is 6.62. The first kappa shape index (κ1) is 12.2. The molecule has 1 aromatic rings. The molecule has 0 aromatic heterocycles. The molecular weight excluding hydrogens is 176 g/mol. The van der Waals surface area contributed by atoms with Gasteiger partial charge in [-0.2, -0.15) is 0 Å². The summed E-state index contributed by atoms with van der Waals surface area (Å²) in [6.45, 7) is 3.63. The van der Waals surface area contributed by atoms with Crippen LogP contribution in [0.25, 0.3) is 0 Å². The van der Waals surface area contributed by atoms with Crippen LogP contribution in [0.15, 0.2) is 36.4 Å². The molecular formula is C12H14O2. The van der Waals surface area contributed by atoms with Crippen molar-refractivity contribution >= 4 is 6.47 Å². The largest absolute Gasteiger partial charge is 0.449 e. The second-order valence-corrected chi connectivity index (χ2v) is 3.02. The van der Waals surface area contributed by atoms with Gasteiger partial charge in [0, 0.05) is 0 Å². The quantitative estimate of drug-likeness (QED) is 0.528. The minimum absolute atomic E-state index is 0.347. The first-order valence-corrected chi connectivity index (χ1v) is 4.21. The molecule has 0 unspecified atom stereocenters. The van der Waals surface area contributed by atoms with Crippen molar-refractivity contribution in [2.75, 3.05) is 0 Å². The maximum Gasteiger partial charge on any atom is 0.294 e. The van der Waals surface area contributed by atoms with Gasteiger partial charge in [0.1, 0.15) is 0 Å². The summed E-state index contributed by atoms with van der Waals surface area (Å²) in [7, 11) is 0. The van der Waals surface area contributed by atoms with Gasteiger partial charge in [-0.1, -0.05) is 42.3 Å². The normalized spacial score (nSPS) is 8.93. The average molecular weight is 190 g/mol. The van der Waals surface area contributed by atoms with Gasteiger partial charge in [0.05, 0.1) is 0 Å². The predicted octanol–water partition coefficient (Wildman–Crippen LogP) is 2.26. The van der Waals surface area contributed by atoms with Gasteiger partial charge in [0.15, 0.2) is 5.60 Å². The number of rotatable bonds is 2. The van der Waals surface area contributed by atoms with Crippen LogP contribution in [-0.2, 0) is 9.53 Å². The van der Waals surface area contributed by atoms with E-state index in [1.807, 2.05) is 36.4 Å². The van der Waals surface area contributed by atoms with Gasteiger partial charge in [0.2, 0.25) is 0 Å². The maximum atomic E-state index is 9.66. The van der Waals surface area contributed by atoms with Crippen molar-refractivity contribution in [1.82, 2.24) is 0 Å². The highest BCUT2D eigenvalue weighted by Gasteiger charge is 2.12. The maximum absolute atomic E-state index is 9.66. The number of ether oxygens (including phenoxy) is 1. The highest BCUT2D eigenvalue weighted by molar-refractivity contribution is 5.39. The van der Waals surface area contributed by atoms with Crippen LogP contribution in [-0.4, -0.2) is 12.1 Å². The van der Waals surface area contributed by atoms with Gasteiger partial charge >= 0.3 is 0 Å². The van der Waals surface area contributed by atoms with E-state index in [1.165, 1.54) is 0 Å². The zero-order chi connectivity index (χ0) is 10.9. The summed E-state index contributed by atoms with van der Waals surface area (Å²) in [6, 6.07) is 12.0. The molecule has 0 heterocycles. The Balaban J connectivity index is 0.000000249. The second-order valence-electron chi connectivity index (χ2n) is 3.02. The number of carbonyl (C=O) groups is 1. The van der Waals surface area contributed by atoms with Crippen LogP contribution in [0.4, 0.5) is 0 Å². The van der Waals surface area contributed by atoms with Crippen LogP contribution in [0, 0.1) is 12.3 Å². The van der Waals surface area contributed by atoms with E-state index < -0.39 is 5.60 Å². The number of carbonyl (C=O) groups excluding carboxylic acids is 1. The molecule has 0 bridgehead atoms. The lowest BCUT2D eigenvalue weighted by molar-refractivity contribution is -0.135. The van der Waals surface area contributed by atoms with Crippen molar-refractivity contribution in [2.24, 2.45) is 0 Å². The number of terminal acetylenes is 1. The Labute approximate surface area is 84.9 Å². The van der Waals surface area contributed by atoms with Gasteiger partial charge < -0.3 is 4.74 Å². The molecule has 1 rings (SSSR count). The van der Waals surface area contributed by atoms with E-state index in [1.54, 1.807) is 13.8 Å². The fourth-order valence-corrected chi connectivity index (χ4v) is 0.539. The van der Waals surface area contributed by atoms with Crippen molar-refractivity contribution in [3.63, 3.8) is 0 Å². The van der Waals surface area contributed by atoms with E-state index in [9.17, 15) is 4.79 Å². The Morgan fingerprint density at radius 3 is 1.64 bits per heavy atom. The summed E-state index contributed by atoms with van der Waals surface area (Å²) in [5.41, 5.74) is -0.748. The minimum atomic E-state index is -0.748. The molecule has 0 saturated heterocycles. The van der Waals surface area contributed by atoms with E-state index in [4.69, 9.17) is 6.42 Å². The molecule has 2 heteroatoms. The molecule has 0 radical (unpaired) electrons. The van der Waals surface area contributed by atoms with Gasteiger partial charge in [-0.3, -0.25) is 4.79 Å². The highest BCUT2D eigenvalue weighted by atomic mass is 16.5. The van der Waals surface area contributed by atoms with Crippen LogP contribution in [0.5, 0.6) is 0 Å². The minimum Gasteiger partial charge on any atom is -0.449 e. The van der Waals surface area contributed by atoms with Crippen LogP contribution in [0.1, 0.15) is 13.8 Å². The van der Waals surface area contributed by atoms with Crippen LogP contribution < -0.4 is 0 Å². The molecule has 0 aliphatic heterocycles. The van der Waals surface area contributed by atoms with Crippen molar-refractivity contribution < 1.29 is 9.53 Å². The Bertz CT molecular complexity index is 256. The van der Waals surface area contributed by atoms with E-state index in [2.05, 4.69) is 10.7 Å². The molecule has 1 aromatic carbocycles. The molecule has 0 fully saturated rings. The third kappa shape index (κ3) is 6.93. The summed E-state index contributed by atoms with van der Waals surface area (Å²) < 4.78 is 4.46. The van der Waals surface area contributed by atoms with E-state index >= 15 is 0 Å². The number of benzene rings is 1. The van der Waals surface area contributed by atoms with Crippen LogP contribution >= 0.6 is 0 Å². The van der Waals surface area contributed by atoms with E-state index in [0.29, 0.717) is 6.47 Å². The summed E-state index contributed by atoms with van der Waals surface area (Å²) >= 11 is 0. The lowest BCUT2D eigenvalue weighted by Gasteiger charge is -2.13. The smallest absolute Gasteiger partial charge is 0.294 e. The molecule has 0 saturated carbocycles. The Hall–Kier alpha value is -1.75. The Kier molecular flexibility index (Phi) is 5.89. The second kappa shape index (κ2) is 6.73. The lowest BCUT2D eigenvalue weighted by Crippen LogP contribution is -2.20. The van der Waals surface area contributed by atoms with Crippen LogP contribution in [0.2, 0.25) is 0 Å².